The van der Waals surface area contributed by atoms with Crippen LogP contribution in [0.5, 0.6) is 0 Å². The van der Waals surface area contributed by atoms with Crippen LogP contribution in [0.2, 0.25) is 0 Å². The molecule has 10 heteroatoms. The Morgan fingerprint density at radius 1 is 1.21 bits per heavy atom. The number of allylic oxidation sites excluding steroid dienone is 1. The van der Waals surface area contributed by atoms with Crippen LogP contribution < -0.4 is 15.8 Å². The third-order valence-corrected chi connectivity index (χ3v) is 8.14. The zero-order chi connectivity index (χ0) is 27.2. The first kappa shape index (κ1) is 26.4. The highest BCUT2D eigenvalue weighted by Crippen LogP contribution is 2.46. The van der Waals surface area contributed by atoms with Gasteiger partial charge in [-0.05, 0) is 60.8 Å². The molecule has 2 atom stereocenters. The zero-order valence-electron chi connectivity index (χ0n) is 21.6. The Morgan fingerprint density at radius 2 is 2.00 bits per heavy atom. The normalized spacial score (nSPS) is 20.4. The smallest absolute Gasteiger partial charge is 0.260 e. The number of aryl methyl sites for hydroxylation is 1. The molecule has 3 heterocycles. The molecule has 0 fully saturated rings. The molecule has 0 amide bonds. The maximum atomic E-state index is 15.1. The fraction of sp³-hybridized carbons (Fsp3) is 0.393. The number of halogens is 2. The van der Waals surface area contributed by atoms with E-state index in [0.717, 1.165) is 30.7 Å². The fourth-order valence-electron chi connectivity index (χ4n) is 5.71. The number of hydrogen-bond donors (Lipinski definition) is 1. The Bertz CT molecular complexity index is 1540. The summed E-state index contributed by atoms with van der Waals surface area (Å²) in [6.07, 6.45) is 7.94. The number of nitrogens with one attached hydrogen (secondary N) is 1. The van der Waals surface area contributed by atoms with E-state index in [1.165, 1.54) is 16.7 Å². The van der Waals surface area contributed by atoms with Crippen molar-refractivity contribution < 1.29 is 21.9 Å². The highest BCUT2D eigenvalue weighted by atomic mass is 32.2. The number of aromatic nitrogens is 1. The summed E-state index contributed by atoms with van der Waals surface area (Å²) in [4.78, 5) is 15.3. The minimum atomic E-state index is -3.43. The molecule has 0 saturated heterocycles. The second-order valence-corrected chi connectivity index (χ2v) is 12.2. The fourth-order valence-corrected chi connectivity index (χ4v) is 6.51. The zero-order valence-corrected chi connectivity index (χ0v) is 22.4. The van der Waals surface area contributed by atoms with Gasteiger partial charge in [0.05, 0.1) is 28.7 Å². The molecule has 7 nitrogen and oxygen atoms in total. The average molecular weight is 544 g/mol. The van der Waals surface area contributed by atoms with Crippen LogP contribution in [0, 0.1) is 17.6 Å². The lowest BCUT2D eigenvalue weighted by molar-refractivity contribution is 0.138. The molecular weight excluding hydrogens is 512 g/mol. The van der Waals surface area contributed by atoms with E-state index in [-0.39, 0.29) is 29.0 Å². The Kier molecular flexibility index (Phi) is 7.04. The summed E-state index contributed by atoms with van der Waals surface area (Å²) in [5.74, 6) is -1.59. The van der Waals surface area contributed by atoms with Crippen LogP contribution in [0.4, 0.5) is 14.5 Å². The summed E-state index contributed by atoms with van der Waals surface area (Å²) < 4.78 is 60.7. The molecule has 2 unspecified atom stereocenters. The third-order valence-electron chi connectivity index (χ3n) is 7.31. The Labute approximate surface area is 221 Å². The standard InChI is InChI=1S/C28H31F2N3O4S/c1-4-37-11-5-6-17-14-31-26-24-18(15-33(27(17)24)23-8-7-20(29)13-22(23)30)12-19(16-38(3,35)36)21-9-10-32(2)28(34)25(21)26/h7-10,12-13,15,17,27,31H,4-6,11,14,16H2,1-3H3. The number of rotatable bonds is 8. The van der Waals surface area contributed by atoms with Crippen molar-refractivity contribution >= 4 is 26.8 Å². The number of hydrogen-bond acceptors (Lipinski definition) is 6. The van der Waals surface area contributed by atoms with Crippen molar-refractivity contribution in [2.75, 3.05) is 36.7 Å². The molecule has 2 aromatic rings. The summed E-state index contributed by atoms with van der Waals surface area (Å²) >= 11 is 0. The van der Waals surface area contributed by atoms with E-state index >= 15 is 4.39 Å². The van der Waals surface area contributed by atoms with E-state index < -0.39 is 21.5 Å². The minimum absolute atomic E-state index is 0.0216. The first-order chi connectivity index (χ1) is 18.1. The number of sulfone groups is 1. The molecule has 0 spiro atoms. The van der Waals surface area contributed by atoms with Crippen molar-refractivity contribution in [2.24, 2.45) is 13.0 Å². The van der Waals surface area contributed by atoms with Gasteiger partial charge in [-0.3, -0.25) is 4.79 Å². The van der Waals surface area contributed by atoms with E-state index in [0.29, 0.717) is 47.7 Å². The van der Waals surface area contributed by atoms with Crippen molar-refractivity contribution in [3.63, 3.8) is 0 Å². The van der Waals surface area contributed by atoms with Gasteiger partial charge >= 0.3 is 0 Å². The first-order valence-corrected chi connectivity index (χ1v) is 14.7. The summed E-state index contributed by atoms with van der Waals surface area (Å²) in [6.45, 7) is 3.68. The highest BCUT2D eigenvalue weighted by Gasteiger charge is 2.43. The maximum Gasteiger partial charge on any atom is 0.260 e. The van der Waals surface area contributed by atoms with E-state index in [9.17, 15) is 17.6 Å². The Morgan fingerprint density at radius 3 is 2.71 bits per heavy atom. The molecule has 1 N–H and O–H groups in total. The molecule has 0 bridgehead atoms. The van der Waals surface area contributed by atoms with Crippen molar-refractivity contribution in [3.05, 3.63) is 87.0 Å². The van der Waals surface area contributed by atoms with Gasteiger partial charge in [-0.2, -0.15) is 0 Å². The molecule has 2 aliphatic heterocycles. The topological polar surface area (TPSA) is 80.6 Å². The lowest BCUT2D eigenvalue weighted by atomic mass is 9.82. The second-order valence-electron chi connectivity index (χ2n) is 10.1. The molecular formula is C28H31F2N3O4S. The predicted molar refractivity (Wildman–Crippen MR) is 144 cm³/mol. The van der Waals surface area contributed by atoms with E-state index in [4.69, 9.17) is 4.74 Å². The van der Waals surface area contributed by atoms with Crippen LogP contribution in [0.25, 0.3) is 11.3 Å². The Balaban J connectivity index is 1.72. The summed E-state index contributed by atoms with van der Waals surface area (Å²) in [5, 5.41) is 3.48. The quantitative estimate of drug-likeness (QED) is 0.513. The molecule has 3 aliphatic rings. The van der Waals surface area contributed by atoms with Gasteiger partial charge in [-0.25, -0.2) is 17.2 Å². The molecule has 0 radical (unpaired) electrons. The van der Waals surface area contributed by atoms with Gasteiger partial charge in [-0.1, -0.05) is 0 Å². The molecule has 1 aliphatic carbocycles. The number of fused-ring (bicyclic) bond motifs is 2. The third kappa shape index (κ3) is 4.82. The average Bonchev–Trinajstić information content (AvgIpc) is 3.15. The monoisotopic (exact) mass is 543 g/mol. The number of pyridine rings is 1. The maximum absolute atomic E-state index is 15.1. The lowest BCUT2D eigenvalue weighted by Gasteiger charge is -2.39. The van der Waals surface area contributed by atoms with Crippen LogP contribution in [-0.2, 0) is 21.6 Å². The van der Waals surface area contributed by atoms with Crippen molar-refractivity contribution in [3.8, 4) is 0 Å². The van der Waals surface area contributed by atoms with Gasteiger partial charge < -0.3 is 19.5 Å². The molecule has 202 valence electrons. The van der Waals surface area contributed by atoms with Gasteiger partial charge in [0.2, 0.25) is 0 Å². The molecule has 0 saturated carbocycles. The molecule has 38 heavy (non-hydrogen) atoms. The molecule has 5 rings (SSSR count). The van der Waals surface area contributed by atoms with Crippen LogP contribution >= 0.6 is 0 Å². The SMILES string of the molecule is CCOCCCC1CNC2=C3C(=CN(c4ccc(F)cc4F)C31)C=C(CS(C)(=O)=O)c1ccn(C)c(=O)c12. The van der Waals surface area contributed by atoms with Crippen LogP contribution in [0.15, 0.2) is 58.7 Å². The second kappa shape index (κ2) is 10.1. The predicted octanol–water partition coefficient (Wildman–Crippen LogP) is 3.63. The van der Waals surface area contributed by atoms with Crippen LogP contribution in [0.1, 0.15) is 30.9 Å². The highest BCUT2D eigenvalue weighted by molar-refractivity contribution is 7.91. The van der Waals surface area contributed by atoms with E-state index in [2.05, 4.69) is 5.32 Å². The minimum Gasteiger partial charge on any atom is -0.384 e. The van der Waals surface area contributed by atoms with Crippen molar-refractivity contribution in [2.45, 2.75) is 25.8 Å². The summed E-state index contributed by atoms with van der Waals surface area (Å²) in [6, 6.07) is 4.93. The Hall–Kier alpha value is -3.24. The van der Waals surface area contributed by atoms with Gasteiger partial charge in [0, 0.05) is 63.0 Å². The number of anilines is 1. The van der Waals surface area contributed by atoms with E-state index in [1.54, 1.807) is 36.5 Å². The summed E-state index contributed by atoms with van der Waals surface area (Å²) in [7, 11) is -1.78. The van der Waals surface area contributed by atoms with E-state index in [1.807, 2.05) is 6.92 Å². The van der Waals surface area contributed by atoms with Crippen molar-refractivity contribution in [1.29, 1.82) is 0 Å². The lowest BCUT2D eigenvalue weighted by Crippen LogP contribution is -2.46. The van der Waals surface area contributed by atoms with Crippen molar-refractivity contribution in [1.82, 2.24) is 9.88 Å². The van der Waals surface area contributed by atoms with Gasteiger partial charge in [0.15, 0.2) is 9.84 Å². The largest absolute Gasteiger partial charge is 0.384 e. The molecule has 1 aromatic carbocycles. The molecule has 1 aromatic heterocycles. The van der Waals surface area contributed by atoms with Gasteiger partial charge in [0.1, 0.15) is 11.6 Å². The number of benzene rings is 1. The number of ether oxygens (including phenoxy) is 1. The van der Waals surface area contributed by atoms with Crippen LogP contribution in [-0.4, -0.2) is 50.8 Å². The summed E-state index contributed by atoms with van der Waals surface area (Å²) in [5.41, 5.74) is 3.58. The van der Waals surface area contributed by atoms with Crippen LogP contribution in [0.3, 0.4) is 0 Å². The van der Waals surface area contributed by atoms with Gasteiger partial charge in [-0.15, -0.1) is 0 Å². The van der Waals surface area contributed by atoms with Gasteiger partial charge in [0.25, 0.3) is 5.56 Å². The first-order valence-electron chi connectivity index (χ1n) is 12.7. The number of nitrogens with zero attached hydrogens (tertiary/aromatic N) is 2.